The van der Waals surface area contributed by atoms with Crippen LogP contribution in [0.5, 0.6) is 0 Å². The molecule has 1 unspecified atom stereocenters. The third-order valence-corrected chi connectivity index (χ3v) is 4.30. The standard InChI is InChI=1S/C17H28N2O4S/c1-11(2)14(19-16(22)23-17(3,4)5)10-18-9-13-7-6-12(24-13)8-15(20)21/h6-7,11,14,18H,8-10H2,1-5H3,(H,19,22)(H,20,21). The maximum Gasteiger partial charge on any atom is 0.407 e. The van der Waals surface area contributed by atoms with Gasteiger partial charge in [0.05, 0.1) is 6.42 Å². The number of nitrogens with one attached hydrogen (secondary N) is 2. The van der Waals surface area contributed by atoms with E-state index in [-0.39, 0.29) is 18.4 Å². The Labute approximate surface area is 147 Å². The van der Waals surface area contributed by atoms with Gasteiger partial charge < -0.3 is 20.5 Å². The van der Waals surface area contributed by atoms with E-state index in [4.69, 9.17) is 9.84 Å². The van der Waals surface area contributed by atoms with Gasteiger partial charge in [-0.2, -0.15) is 0 Å². The monoisotopic (exact) mass is 356 g/mol. The number of ether oxygens (including phenoxy) is 1. The predicted molar refractivity (Wildman–Crippen MR) is 95.4 cm³/mol. The largest absolute Gasteiger partial charge is 0.481 e. The summed E-state index contributed by atoms with van der Waals surface area (Å²) >= 11 is 1.49. The number of amides is 1. The zero-order chi connectivity index (χ0) is 18.3. The first-order valence-corrected chi connectivity index (χ1v) is 8.88. The molecule has 0 aliphatic rings. The number of carbonyl (C=O) groups is 2. The van der Waals surface area contributed by atoms with Crippen LogP contribution in [0.25, 0.3) is 0 Å². The number of hydrogen-bond donors (Lipinski definition) is 3. The number of carbonyl (C=O) groups excluding carboxylic acids is 1. The minimum absolute atomic E-state index is 0.0432. The van der Waals surface area contributed by atoms with Crippen molar-refractivity contribution in [2.75, 3.05) is 6.54 Å². The summed E-state index contributed by atoms with van der Waals surface area (Å²) in [6.45, 7) is 10.8. The zero-order valence-electron chi connectivity index (χ0n) is 15.0. The van der Waals surface area contributed by atoms with E-state index >= 15 is 0 Å². The van der Waals surface area contributed by atoms with Gasteiger partial charge in [-0.25, -0.2) is 4.79 Å². The highest BCUT2D eigenvalue weighted by atomic mass is 32.1. The van der Waals surface area contributed by atoms with Crippen LogP contribution in [-0.4, -0.2) is 35.4 Å². The van der Waals surface area contributed by atoms with Crippen molar-refractivity contribution in [1.82, 2.24) is 10.6 Å². The summed E-state index contributed by atoms with van der Waals surface area (Å²) in [6.07, 6.45) is -0.359. The number of carboxylic acid groups (broad SMARTS) is 1. The van der Waals surface area contributed by atoms with Crippen molar-refractivity contribution in [3.8, 4) is 0 Å². The van der Waals surface area contributed by atoms with Gasteiger partial charge in [-0.15, -0.1) is 11.3 Å². The van der Waals surface area contributed by atoms with Gasteiger partial charge >= 0.3 is 12.1 Å². The Kier molecular flexibility index (Phi) is 7.69. The van der Waals surface area contributed by atoms with E-state index < -0.39 is 17.7 Å². The second-order valence-corrected chi connectivity index (χ2v) is 8.32. The minimum atomic E-state index is -0.821. The van der Waals surface area contributed by atoms with Crippen molar-refractivity contribution < 1.29 is 19.4 Å². The summed E-state index contributed by atoms with van der Waals surface area (Å²) in [7, 11) is 0. The number of rotatable bonds is 8. The highest BCUT2D eigenvalue weighted by Crippen LogP contribution is 2.17. The predicted octanol–water partition coefficient (Wildman–Crippen LogP) is 3.01. The Balaban J connectivity index is 2.45. The van der Waals surface area contributed by atoms with E-state index in [9.17, 15) is 9.59 Å². The van der Waals surface area contributed by atoms with Crippen LogP contribution in [0.2, 0.25) is 0 Å². The van der Waals surface area contributed by atoms with Gasteiger partial charge in [0.15, 0.2) is 0 Å². The summed E-state index contributed by atoms with van der Waals surface area (Å²) in [4.78, 5) is 24.5. The zero-order valence-corrected chi connectivity index (χ0v) is 15.8. The third kappa shape index (κ3) is 8.31. The van der Waals surface area contributed by atoms with Crippen molar-refractivity contribution in [2.24, 2.45) is 5.92 Å². The first-order valence-electron chi connectivity index (χ1n) is 8.06. The Hall–Kier alpha value is -1.60. The van der Waals surface area contributed by atoms with Crippen LogP contribution in [0.3, 0.4) is 0 Å². The molecule has 24 heavy (non-hydrogen) atoms. The van der Waals surface area contributed by atoms with Crippen LogP contribution >= 0.6 is 11.3 Å². The normalized spacial score (nSPS) is 12.9. The first kappa shape index (κ1) is 20.4. The molecular formula is C17H28N2O4S. The molecule has 1 amide bonds. The average molecular weight is 356 g/mol. The van der Waals surface area contributed by atoms with E-state index in [0.717, 1.165) is 9.75 Å². The fourth-order valence-electron chi connectivity index (χ4n) is 2.02. The van der Waals surface area contributed by atoms with Gasteiger partial charge in [0.2, 0.25) is 0 Å². The van der Waals surface area contributed by atoms with Gasteiger partial charge in [-0.3, -0.25) is 4.79 Å². The molecular weight excluding hydrogens is 328 g/mol. The Morgan fingerprint density at radius 2 is 1.88 bits per heavy atom. The van der Waals surface area contributed by atoms with Gasteiger partial charge in [-0.05, 0) is 38.8 Å². The molecule has 0 aliphatic carbocycles. The number of alkyl carbamates (subject to hydrolysis) is 1. The van der Waals surface area contributed by atoms with Crippen LogP contribution in [0.1, 0.15) is 44.4 Å². The fourth-order valence-corrected chi connectivity index (χ4v) is 3.00. The molecule has 1 heterocycles. The maximum atomic E-state index is 11.9. The average Bonchev–Trinajstić information content (AvgIpc) is 2.81. The first-order chi connectivity index (χ1) is 11.1. The van der Waals surface area contributed by atoms with E-state index in [1.54, 1.807) is 0 Å². The molecule has 0 radical (unpaired) electrons. The molecule has 1 aromatic heterocycles. The van der Waals surface area contributed by atoms with E-state index in [0.29, 0.717) is 13.1 Å². The quantitative estimate of drug-likeness (QED) is 0.666. The smallest absolute Gasteiger partial charge is 0.407 e. The van der Waals surface area contributed by atoms with Crippen molar-refractivity contribution >= 4 is 23.4 Å². The minimum Gasteiger partial charge on any atom is -0.481 e. The molecule has 0 fully saturated rings. The molecule has 0 bridgehead atoms. The summed E-state index contributed by atoms with van der Waals surface area (Å²) in [5, 5.41) is 15.0. The summed E-state index contributed by atoms with van der Waals surface area (Å²) in [5.41, 5.74) is -0.517. The van der Waals surface area contributed by atoms with E-state index in [1.807, 2.05) is 46.8 Å². The van der Waals surface area contributed by atoms with E-state index in [1.165, 1.54) is 11.3 Å². The molecule has 136 valence electrons. The highest BCUT2D eigenvalue weighted by molar-refractivity contribution is 7.12. The number of aliphatic carboxylic acids is 1. The van der Waals surface area contributed by atoms with Crippen molar-refractivity contribution in [3.63, 3.8) is 0 Å². The van der Waals surface area contributed by atoms with Crippen LogP contribution in [0.4, 0.5) is 4.79 Å². The second kappa shape index (κ2) is 9.03. The molecule has 1 atom stereocenters. The topological polar surface area (TPSA) is 87.7 Å². The second-order valence-electron chi connectivity index (χ2n) is 7.07. The Bertz CT molecular complexity index is 549. The molecule has 1 aromatic rings. The van der Waals surface area contributed by atoms with Gasteiger partial charge in [0.25, 0.3) is 0 Å². The molecule has 6 nitrogen and oxygen atoms in total. The van der Waals surface area contributed by atoms with Crippen LogP contribution in [0.15, 0.2) is 12.1 Å². The Morgan fingerprint density at radius 3 is 2.42 bits per heavy atom. The number of thiophene rings is 1. The molecule has 3 N–H and O–H groups in total. The lowest BCUT2D eigenvalue weighted by molar-refractivity contribution is -0.136. The third-order valence-electron chi connectivity index (χ3n) is 3.21. The summed E-state index contributed by atoms with van der Waals surface area (Å²) < 4.78 is 5.29. The highest BCUT2D eigenvalue weighted by Gasteiger charge is 2.21. The molecule has 0 aliphatic heterocycles. The van der Waals surface area contributed by atoms with Crippen LogP contribution < -0.4 is 10.6 Å². The summed E-state index contributed by atoms with van der Waals surface area (Å²) in [5.74, 6) is -0.561. The van der Waals surface area contributed by atoms with Crippen LogP contribution in [-0.2, 0) is 22.5 Å². The maximum absolute atomic E-state index is 11.9. The molecule has 1 rings (SSSR count). The Morgan fingerprint density at radius 1 is 1.25 bits per heavy atom. The molecule has 7 heteroatoms. The molecule has 0 spiro atoms. The molecule has 0 saturated carbocycles. The number of hydrogen-bond acceptors (Lipinski definition) is 5. The van der Waals surface area contributed by atoms with Crippen molar-refractivity contribution in [1.29, 1.82) is 0 Å². The van der Waals surface area contributed by atoms with Gasteiger partial charge in [-0.1, -0.05) is 13.8 Å². The van der Waals surface area contributed by atoms with E-state index in [2.05, 4.69) is 10.6 Å². The van der Waals surface area contributed by atoms with Gasteiger partial charge in [0, 0.05) is 28.9 Å². The van der Waals surface area contributed by atoms with Crippen LogP contribution in [0, 0.1) is 5.92 Å². The lowest BCUT2D eigenvalue weighted by atomic mass is 10.0. The van der Waals surface area contributed by atoms with Crippen molar-refractivity contribution in [3.05, 3.63) is 21.9 Å². The molecule has 0 aromatic carbocycles. The fraction of sp³-hybridized carbons (Fsp3) is 0.647. The van der Waals surface area contributed by atoms with Crippen molar-refractivity contribution in [2.45, 2.75) is 59.2 Å². The SMILES string of the molecule is CC(C)C(CNCc1ccc(CC(=O)O)s1)NC(=O)OC(C)(C)C. The lowest BCUT2D eigenvalue weighted by Gasteiger charge is -2.26. The lowest BCUT2D eigenvalue weighted by Crippen LogP contribution is -2.46. The number of carboxylic acids is 1. The molecule has 0 saturated heterocycles. The van der Waals surface area contributed by atoms with Gasteiger partial charge in [0.1, 0.15) is 5.60 Å². The summed E-state index contributed by atoms with van der Waals surface area (Å²) in [6, 6.07) is 3.73.